The molecule has 0 amide bonds. The van der Waals surface area contributed by atoms with Crippen LogP contribution < -0.4 is 0 Å². The topological polar surface area (TPSA) is 0 Å². The molecule has 0 aromatic heterocycles. The van der Waals surface area contributed by atoms with E-state index in [4.69, 9.17) is 0 Å². The van der Waals surface area contributed by atoms with E-state index in [9.17, 15) is 0 Å². The first-order valence-corrected chi connectivity index (χ1v) is 10.5. The minimum atomic E-state index is 0.415. The van der Waals surface area contributed by atoms with Gasteiger partial charge in [-0.25, -0.2) is 0 Å². The summed E-state index contributed by atoms with van der Waals surface area (Å²) in [5.41, 5.74) is 6.73. The van der Waals surface area contributed by atoms with Gasteiger partial charge >= 0.3 is 146 Å². The molecule has 0 radical (unpaired) electrons. The molecule has 0 heterocycles. The van der Waals surface area contributed by atoms with Gasteiger partial charge in [0.1, 0.15) is 0 Å². The molecule has 1 unspecified atom stereocenters. The maximum absolute atomic E-state index is 2.55. The van der Waals surface area contributed by atoms with Gasteiger partial charge in [-0.2, -0.15) is 0 Å². The Balaban J connectivity index is 2.39. The summed E-state index contributed by atoms with van der Waals surface area (Å²) < 4.78 is 0.415. The molecule has 0 nitrogen and oxygen atoms in total. The normalized spacial score (nSPS) is 24.7. The Labute approximate surface area is 146 Å². The van der Waals surface area contributed by atoms with Crippen molar-refractivity contribution in [1.82, 2.24) is 0 Å². The molecule has 0 aromatic carbocycles. The van der Waals surface area contributed by atoms with Crippen LogP contribution in [0.3, 0.4) is 0 Å². The standard InChI is InChI=1S/C20H29.Hf/c1-4-7-11-18-15-14-17(10-6-3)20(18)19-13-8-12-16(19)9-5-2;/h8,12,14-15H,4-7,9-11,13H2,1-3H3;. The van der Waals surface area contributed by atoms with Crippen molar-refractivity contribution in [3.63, 3.8) is 0 Å². The first-order valence-electron chi connectivity index (χ1n) is 8.73. The van der Waals surface area contributed by atoms with E-state index in [1.54, 1.807) is 22.3 Å². The molecule has 2 aliphatic carbocycles. The Morgan fingerprint density at radius 1 is 1.00 bits per heavy atom. The predicted molar refractivity (Wildman–Crippen MR) is 89.0 cm³/mol. The second kappa shape index (κ2) is 7.90. The molecule has 0 saturated carbocycles. The Kier molecular flexibility index (Phi) is 6.47. The summed E-state index contributed by atoms with van der Waals surface area (Å²) in [6.07, 6.45) is 20.0. The average molecular weight is 448 g/mol. The van der Waals surface area contributed by atoms with Crippen molar-refractivity contribution in [2.24, 2.45) is 0 Å². The molecular formula is C20H29Hf. The molecule has 0 fully saturated rings. The summed E-state index contributed by atoms with van der Waals surface area (Å²) in [6.45, 7) is 6.94. The quantitative estimate of drug-likeness (QED) is 0.367. The van der Waals surface area contributed by atoms with Gasteiger partial charge in [0.25, 0.3) is 0 Å². The van der Waals surface area contributed by atoms with E-state index < -0.39 is 0 Å². The van der Waals surface area contributed by atoms with Gasteiger partial charge < -0.3 is 0 Å². The average Bonchev–Trinajstić information content (AvgIpc) is 3.02. The van der Waals surface area contributed by atoms with E-state index >= 15 is 0 Å². The van der Waals surface area contributed by atoms with Crippen LogP contribution in [0.25, 0.3) is 0 Å². The predicted octanol–water partition coefficient (Wildman–Crippen LogP) is 6.61. The van der Waals surface area contributed by atoms with Gasteiger partial charge in [-0.15, -0.1) is 0 Å². The van der Waals surface area contributed by atoms with Gasteiger partial charge in [-0.3, -0.25) is 0 Å². The Morgan fingerprint density at radius 3 is 2.48 bits per heavy atom. The van der Waals surface area contributed by atoms with Crippen LogP contribution >= 0.6 is 0 Å². The van der Waals surface area contributed by atoms with Gasteiger partial charge in [0.15, 0.2) is 0 Å². The van der Waals surface area contributed by atoms with Gasteiger partial charge in [0, 0.05) is 0 Å². The van der Waals surface area contributed by atoms with Crippen LogP contribution in [0.5, 0.6) is 0 Å². The Morgan fingerprint density at radius 2 is 1.81 bits per heavy atom. The fraction of sp³-hybridized carbons (Fsp3) is 0.600. The summed E-state index contributed by atoms with van der Waals surface area (Å²) >= 11 is 1.25. The molecule has 113 valence electrons. The van der Waals surface area contributed by atoms with Crippen LogP contribution in [0, 0.1) is 0 Å². The monoisotopic (exact) mass is 449 g/mol. The summed E-state index contributed by atoms with van der Waals surface area (Å²) in [5, 5.41) is 0. The van der Waals surface area contributed by atoms with Crippen LogP contribution in [-0.2, 0) is 24.4 Å². The van der Waals surface area contributed by atoms with Crippen molar-refractivity contribution in [1.29, 1.82) is 0 Å². The van der Waals surface area contributed by atoms with Crippen molar-refractivity contribution >= 4 is 0 Å². The molecule has 2 aliphatic rings. The molecule has 0 bridgehead atoms. The number of rotatable bonds is 8. The molecule has 0 N–H and O–H groups in total. The van der Waals surface area contributed by atoms with Gasteiger partial charge in [0.05, 0.1) is 0 Å². The van der Waals surface area contributed by atoms with Crippen molar-refractivity contribution < 1.29 is 24.4 Å². The van der Waals surface area contributed by atoms with E-state index in [0.717, 1.165) is 0 Å². The van der Waals surface area contributed by atoms with Crippen LogP contribution in [0.1, 0.15) is 72.1 Å². The fourth-order valence-electron chi connectivity index (χ4n) is 3.65. The third kappa shape index (κ3) is 3.78. The van der Waals surface area contributed by atoms with Crippen molar-refractivity contribution in [2.45, 2.75) is 75.3 Å². The van der Waals surface area contributed by atoms with Crippen LogP contribution in [-0.4, -0.2) is 0 Å². The summed E-state index contributed by atoms with van der Waals surface area (Å²) in [5.74, 6) is 0. The molecular weight excluding hydrogens is 419 g/mol. The summed E-state index contributed by atoms with van der Waals surface area (Å²) in [6, 6.07) is 0. The first kappa shape index (κ1) is 17.2. The van der Waals surface area contributed by atoms with Crippen molar-refractivity contribution in [2.75, 3.05) is 0 Å². The second-order valence-corrected chi connectivity index (χ2v) is 9.62. The van der Waals surface area contributed by atoms with Crippen molar-refractivity contribution in [3.8, 4) is 0 Å². The molecule has 1 heteroatoms. The van der Waals surface area contributed by atoms with E-state index in [0.29, 0.717) is 3.17 Å². The number of hydrogen-bond acceptors (Lipinski definition) is 0. The number of unbranched alkanes of at least 4 members (excludes halogenated alkanes) is 1. The van der Waals surface area contributed by atoms with Gasteiger partial charge in [-0.1, -0.05) is 0 Å². The third-order valence-electron chi connectivity index (χ3n) is 4.63. The summed E-state index contributed by atoms with van der Waals surface area (Å²) in [4.78, 5) is 0. The number of allylic oxidation sites excluding steroid dienone is 8. The zero-order valence-corrected chi connectivity index (χ0v) is 17.6. The van der Waals surface area contributed by atoms with Gasteiger partial charge in [-0.05, 0) is 0 Å². The first-order chi connectivity index (χ1) is 10.2. The molecule has 0 spiro atoms. The van der Waals surface area contributed by atoms with E-state index in [-0.39, 0.29) is 0 Å². The Bertz CT molecular complexity index is 490. The minimum absolute atomic E-state index is 0.415. The molecule has 21 heavy (non-hydrogen) atoms. The maximum atomic E-state index is 2.55. The number of hydrogen-bond donors (Lipinski definition) is 0. The van der Waals surface area contributed by atoms with Crippen LogP contribution in [0.15, 0.2) is 46.6 Å². The molecule has 0 saturated heterocycles. The zero-order chi connectivity index (χ0) is 15.3. The molecule has 1 atom stereocenters. The molecule has 0 aromatic rings. The van der Waals surface area contributed by atoms with Crippen LogP contribution in [0.2, 0.25) is 3.17 Å². The Hall–Kier alpha value is -0.170. The van der Waals surface area contributed by atoms with Crippen LogP contribution in [0.4, 0.5) is 0 Å². The zero-order valence-electron chi connectivity index (χ0n) is 14.0. The summed E-state index contributed by atoms with van der Waals surface area (Å²) in [7, 11) is 0. The van der Waals surface area contributed by atoms with E-state index in [1.165, 1.54) is 75.7 Å². The SMILES string of the molecule is CCCCC1=C(C2=C(CCC)C=CC2)[C]([Hf])(CCC)C=C1. The van der Waals surface area contributed by atoms with E-state index in [2.05, 4.69) is 45.1 Å². The molecule has 2 rings (SSSR count). The third-order valence-corrected chi connectivity index (χ3v) is 7.03. The van der Waals surface area contributed by atoms with E-state index in [1.807, 2.05) is 0 Å². The molecule has 0 aliphatic heterocycles. The van der Waals surface area contributed by atoms with Gasteiger partial charge in [0.2, 0.25) is 0 Å². The fourth-order valence-corrected chi connectivity index (χ4v) is 5.97. The second-order valence-electron chi connectivity index (χ2n) is 6.42. The van der Waals surface area contributed by atoms with Crippen molar-refractivity contribution in [3.05, 3.63) is 46.6 Å².